The smallest absolute Gasteiger partial charge is 0.242 e. The first-order valence-electron chi connectivity index (χ1n) is 5.54. The van der Waals surface area contributed by atoms with E-state index in [1.54, 1.807) is 6.07 Å². The molecule has 0 heterocycles. The Kier molecular flexibility index (Phi) is 3.06. The average molecular weight is 266 g/mol. The summed E-state index contributed by atoms with van der Waals surface area (Å²) in [4.78, 5) is 0. The number of anilines is 1. The van der Waals surface area contributed by atoms with E-state index in [4.69, 9.17) is 21.8 Å². The molecule has 0 spiro atoms. The minimum Gasteiger partial charge on any atom is -0.543 e. The Hall–Kier alpha value is -1.19. The Bertz CT molecular complexity index is 563. The Labute approximate surface area is 107 Å². The summed E-state index contributed by atoms with van der Waals surface area (Å²) >= 11 is 6.23. The Morgan fingerprint density at radius 3 is 2.29 bits per heavy atom. The molecule has 0 aromatic heterocycles. The second-order valence-corrected chi connectivity index (χ2v) is 9.87. The van der Waals surface area contributed by atoms with Crippen LogP contribution in [0.5, 0.6) is 5.75 Å². The van der Waals surface area contributed by atoms with Crippen LogP contribution in [0.2, 0.25) is 24.7 Å². The maximum atomic E-state index is 6.23. The summed E-state index contributed by atoms with van der Waals surface area (Å²) in [6.45, 7) is 6.40. The van der Waals surface area contributed by atoms with Gasteiger partial charge in [0.2, 0.25) is 8.32 Å². The highest BCUT2D eigenvalue weighted by Gasteiger charge is 2.20. The molecule has 0 amide bonds. The Morgan fingerprint density at radius 2 is 1.71 bits per heavy atom. The molecule has 0 saturated carbocycles. The average Bonchev–Trinajstić information content (AvgIpc) is 2.23. The zero-order valence-corrected chi connectivity index (χ0v) is 12.0. The van der Waals surface area contributed by atoms with E-state index in [1.807, 2.05) is 24.3 Å². The Balaban J connectivity index is 2.69. The van der Waals surface area contributed by atoms with Gasteiger partial charge in [0.1, 0.15) is 5.75 Å². The van der Waals surface area contributed by atoms with Gasteiger partial charge in [-0.2, -0.15) is 0 Å². The van der Waals surface area contributed by atoms with E-state index in [2.05, 4.69) is 19.6 Å². The van der Waals surface area contributed by atoms with Crippen LogP contribution < -0.4 is 10.2 Å². The third-order valence-corrected chi connectivity index (χ3v) is 3.49. The van der Waals surface area contributed by atoms with Gasteiger partial charge in [0.15, 0.2) is 0 Å². The molecule has 2 aromatic carbocycles. The van der Waals surface area contributed by atoms with E-state index < -0.39 is 8.32 Å². The minimum absolute atomic E-state index is 0.587. The normalized spacial score (nSPS) is 11.8. The number of rotatable bonds is 2. The molecule has 0 atom stereocenters. The lowest BCUT2D eigenvalue weighted by Crippen LogP contribution is -2.29. The lowest BCUT2D eigenvalue weighted by molar-refractivity contribution is 0.564. The van der Waals surface area contributed by atoms with Crippen LogP contribution in [-0.2, 0) is 0 Å². The summed E-state index contributed by atoms with van der Waals surface area (Å²) in [7, 11) is -1.69. The molecule has 17 heavy (non-hydrogen) atoms. The number of hydrogen-bond acceptors (Lipinski definition) is 2. The molecule has 0 saturated heterocycles. The fourth-order valence-corrected chi connectivity index (χ4v) is 2.91. The highest BCUT2D eigenvalue weighted by Crippen LogP contribution is 2.38. The van der Waals surface area contributed by atoms with E-state index in [1.165, 1.54) is 0 Å². The van der Waals surface area contributed by atoms with Gasteiger partial charge >= 0.3 is 0 Å². The molecule has 0 aliphatic heterocycles. The number of fused-ring (bicyclic) bond motifs is 1. The van der Waals surface area contributed by atoms with Crippen molar-refractivity contribution in [1.29, 1.82) is 0 Å². The summed E-state index contributed by atoms with van der Waals surface area (Å²) in [5, 5.41) is 2.56. The fourth-order valence-electron chi connectivity index (χ4n) is 1.75. The predicted octanol–water partition coefficient (Wildman–Crippen LogP) is 4.29. The minimum atomic E-state index is -1.69. The van der Waals surface area contributed by atoms with E-state index in [0.717, 1.165) is 16.5 Å². The van der Waals surface area contributed by atoms with E-state index >= 15 is 0 Å². The van der Waals surface area contributed by atoms with Gasteiger partial charge < -0.3 is 10.2 Å². The summed E-state index contributed by atoms with van der Waals surface area (Å²) in [5.74, 6) is 0.760. The predicted molar refractivity (Wildman–Crippen MR) is 77.3 cm³/mol. The van der Waals surface area contributed by atoms with Crippen molar-refractivity contribution in [3.05, 3.63) is 35.4 Å². The Morgan fingerprint density at radius 1 is 1.12 bits per heavy atom. The molecule has 0 fully saturated rings. The van der Waals surface area contributed by atoms with Crippen LogP contribution in [0.25, 0.3) is 10.8 Å². The summed E-state index contributed by atoms with van der Waals surface area (Å²) in [6, 6.07) is 9.67. The summed E-state index contributed by atoms with van der Waals surface area (Å²) in [6.07, 6.45) is 0. The highest BCUT2D eigenvalue weighted by atomic mass is 35.5. The molecular weight excluding hydrogens is 250 g/mol. The van der Waals surface area contributed by atoms with Gasteiger partial charge in [-0.05, 0) is 25.7 Å². The van der Waals surface area contributed by atoms with Crippen molar-refractivity contribution >= 4 is 36.4 Å². The molecule has 0 bridgehead atoms. The van der Waals surface area contributed by atoms with Crippen LogP contribution in [0.3, 0.4) is 0 Å². The van der Waals surface area contributed by atoms with Crippen molar-refractivity contribution in [3.63, 3.8) is 0 Å². The SMILES string of the molecule is C[Si](C)(C)Oc1c(Cl)cc(N)c2ccccc12. The standard InChI is InChI=1S/C13H16ClNOSi/c1-17(2,3)16-13-10-7-5-4-6-9(10)12(15)8-11(13)14/h4-8H,15H2,1-3H3. The molecule has 2 aromatic rings. The van der Waals surface area contributed by atoms with Crippen LogP contribution >= 0.6 is 11.6 Å². The second-order valence-electron chi connectivity index (χ2n) is 5.04. The van der Waals surface area contributed by atoms with Gasteiger partial charge in [0.05, 0.1) is 5.02 Å². The zero-order chi connectivity index (χ0) is 12.6. The molecular formula is C13H16ClNOSi. The van der Waals surface area contributed by atoms with Gasteiger partial charge in [-0.15, -0.1) is 0 Å². The molecule has 90 valence electrons. The van der Waals surface area contributed by atoms with Crippen LogP contribution in [-0.4, -0.2) is 8.32 Å². The van der Waals surface area contributed by atoms with E-state index in [-0.39, 0.29) is 0 Å². The van der Waals surface area contributed by atoms with E-state index in [9.17, 15) is 0 Å². The summed E-state index contributed by atoms with van der Waals surface area (Å²) < 4.78 is 6.05. The van der Waals surface area contributed by atoms with Crippen LogP contribution in [0.15, 0.2) is 30.3 Å². The number of nitrogen functional groups attached to an aromatic ring is 1. The first-order chi connectivity index (χ1) is 7.88. The summed E-state index contributed by atoms with van der Waals surface area (Å²) in [5.41, 5.74) is 6.65. The van der Waals surface area contributed by atoms with Crippen molar-refractivity contribution < 1.29 is 4.43 Å². The number of hydrogen-bond donors (Lipinski definition) is 1. The van der Waals surface area contributed by atoms with Crippen molar-refractivity contribution in [3.8, 4) is 5.75 Å². The van der Waals surface area contributed by atoms with Crippen molar-refractivity contribution in [2.24, 2.45) is 0 Å². The first-order valence-corrected chi connectivity index (χ1v) is 9.33. The highest BCUT2D eigenvalue weighted by molar-refractivity contribution is 6.70. The zero-order valence-electron chi connectivity index (χ0n) is 10.3. The molecule has 0 unspecified atom stereocenters. The quantitative estimate of drug-likeness (QED) is 0.649. The molecule has 0 radical (unpaired) electrons. The lowest BCUT2D eigenvalue weighted by Gasteiger charge is -2.22. The molecule has 0 aliphatic carbocycles. The number of benzene rings is 2. The monoisotopic (exact) mass is 265 g/mol. The maximum absolute atomic E-state index is 6.23. The van der Waals surface area contributed by atoms with E-state index in [0.29, 0.717) is 10.7 Å². The third-order valence-electron chi connectivity index (χ3n) is 2.39. The van der Waals surface area contributed by atoms with Crippen LogP contribution in [0, 0.1) is 0 Å². The molecule has 0 aliphatic rings. The van der Waals surface area contributed by atoms with Crippen molar-refractivity contribution in [1.82, 2.24) is 0 Å². The van der Waals surface area contributed by atoms with Crippen LogP contribution in [0.4, 0.5) is 5.69 Å². The van der Waals surface area contributed by atoms with Gasteiger partial charge in [-0.3, -0.25) is 0 Å². The number of nitrogens with two attached hydrogens (primary N) is 1. The maximum Gasteiger partial charge on any atom is 0.242 e. The molecule has 2 rings (SSSR count). The third kappa shape index (κ3) is 2.56. The molecule has 2 nitrogen and oxygen atoms in total. The number of halogens is 1. The molecule has 2 N–H and O–H groups in total. The van der Waals surface area contributed by atoms with Gasteiger partial charge in [0.25, 0.3) is 0 Å². The van der Waals surface area contributed by atoms with Crippen molar-refractivity contribution in [2.75, 3.05) is 5.73 Å². The van der Waals surface area contributed by atoms with Gasteiger partial charge in [-0.25, -0.2) is 0 Å². The fraction of sp³-hybridized carbons (Fsp3) is 0.231. The van der Waals surface area contributed by atoms with Gasteiger partial charge in [-0.1, -0.05) is 35.9 Å². The topological polar surface area (TPSA) is 35.2 Å². The van der Waals surface area contributed by atoms with Gasteiger partial charge in [0, 0.05) is 16.5 Å². The molecule has 4 heteroatoms. The van der Waals surface area contributed by atoms with Crippen molar-refractivity contribution in [2.45, 2.75) is 19.6 Å². The lowest BCUT2D eigenvalue weighted by atomic mass is 10.1. The first kappa shape index (κ1) is 12.3. The van der Waals surface area contributed by atoms with Crippen LogP contribution in [0.1, 0.15) is 0 Å². The second kappa shape index (κ2) is 4.24. The largest absolute Gasteiger partial charge is 0.543 e.